The first-order chi connectivity index (χ1) is 9.99. The summed E-state index contributed by atoms with van der Waals surface area (Å²) >= 11 is 0. The third-order valence-electron chi connectivity index (χ3n) is 5.51. The van der Waals surface area contributed by atoms with Gasteiger partial charge in [0.15, 0.2) is 0 Å². The number of amides is 1. The molecule has 5 nitrogen and oxygen atoms in total. The van der Waals surface area contributed by atoms with Crippen molar-refractivity contribution in [1.29, 1.82) is 0 Å². The minimum atomic E-state index is -3.18. The molecule has 3 aliphatic rings. The monoisotopic (exact) mass is 314 g/mol. The van der Waals surface area contributed by atoms with Gasteiger partial charge in [-0.1, -0.05) is 19.8 Å². The zero-order chi connectivity index (χ0) is 15.1. The first-order valence-electron chi connectivity index (χ1n) is 8.27. The lowest BCUT2D eigenvalue weighted by atomic mass is 9.67. The largest absolute Gasteiger partial charge is 0.355 e. The summed E-state index contributed by atoms with van der Waals surface area (Å²) in [5.74, 6) is 0.878. The minimum absolute atomic E-state index is 0.104. The van der Waals surface area contributed by atoms with Crippen LogP contribution in [-0.2, 0) is 14.8 Å². The van der Waals surface area contributed by atoms with Gasteiger partial charge in [0.25, 0.3) is 0 Å². The number of carbonyl (C=O) groups is 1. The van der Waals surface area contributed by atoms with Gasteiger partial charge in [-0.3, -0.25) is 4.79 Å². The highest BCUT2D eigenvalue weighted by Gasteiger charge is 2.54. The summed E-state index contributed by atoms with van der Waals surface area (Å²) < 4.78 is 26.2. The Bertz CT molecular complexity index is 515. The number of hydrogen-bond donors (Lipinski definition) is 1. The lowest BCUT2D eigenvalue weighted by Crippen LogP contribution is -2.62. The zero-order valence-corrected chi connectivity index (χ0v) is 13.6. The van der Waals surface area contributed by atoms with E-state index in [2.05, 4.69) is 5.32 Å². The van der Waals surface area contributed by atoms with Gasteiger partial charge in [0.1, 0.15) is 0 Å². The van der Waals surface area contributed by atoms with E-state index in [4.69, 9.17) is 0 Å². The fourth-order valence-corrected chi connectivity index (χ4v) is 6.03. The number of carbonyl (C=O) groups excluding carboxylic acids is 1. The van der Waals surface area contributed by atoms with Crippen molar-refractivity contribution < 1.29 is 13.2 Å². The molecule has 2 atom stereocenters. The van der Waals surface area contributed by atoms with E-state index in [-0.39, 0.29) is 17.7 Å². The van der Waals surface area contributed by atoms with E-state index in [1.54, 1.807) is 4.31 Å². The SMILES string of the molecule is CCN1[C@@H]2CCCC[C@@]2(C(=O)NCC2CC2)CCS1(=O)=O. The molecular weight excluding hydrogens is 288 g/mol. The highest BCUT2D eigenvalue weighted by Crippen LogP contribution is 2.47. The van der Waals surface area contributed by atoms with Crippen molar-refractivity contribution in [3.05, 3.63) is 0 Å². The van der Waals surface area contributed by atoms with Crippen LogP contribution in [0.15, 0.2) is 0 Å². The molecule has 0 unspecified atom stereocenters. The van der Waals surface area contributed by atoms with Crippen LogP contribution in [-0.4, -0.2) is 43.5 Å². The summed E-state index contributed by atoms with van der Waals surface area (Å²) in [6.45, 7) is 3.13. The van der Waals surface area contributed by atoms with E-state index in [0.29, 0.717) is 18.9 Å². The predicted octanol–water partition coefficient (Wildman–Crippen LogP) is 1.50. The zero-order valence-electron chi connectivity index (χ0n) is 12.8. The highest BCUT2D eigenvalue weighted by atomic mass is 32.2. The summed E-state index contributed by atoms with van der Waals surface area (Å²) in [5.41, 5.74) is -0.478. The van der Waals surface area contributed by atoms with Gasteiger partial charge in [-0.2, -0.15) is 4.31 Å². The van der Waals surface area contributed by atoms with Crippen LogP contribution in [0.3, 0.4) is 0 Å². The molecule has 0 spiro atoms. The smallest absolute Gasteiger partial charge is 0.227 e. The average Bonchev–Trinajstić information content (AvgIpc) is 3.28. The molecule has 1 amide bonds. The number of rotatable bonds is 4. The molecule has 3 fully saturated rings. The fraction of sp³-hybridized carbons (Fsp3) is 0.933. The molecule has 1 saturated heterocycles. The molecule has 0 bridgehead atoms. The van der Waals surface area contributed by atoms with Gasteiger partial charge < -0.3 is 5.32 Å². The molecule has 1 aliphatic heterocycles. The van der Waals surface area contributed by atoms with Crippen molar-refractivity contribution >= 4 is 15.9 Å². The molecule has 3 rings (SSSR count). The van der Waals surface area contributed by atoms with Crippen molar-refractivity contribution in [3.8, 4) is 0 Å². The number of hydrogen-bond acceptors (Lipinski definition) is 3. The Balaban J connectivity index is 1.83. The Morgan fingerprint density at radius 2 is 2.00 bits per heavy atom. The molecular formula is C15H26N2O3S. The summed E-state index contributed by atoms with van der Waals surface area (Å²) in [4.78, 5) is 12.8. The van der Waals surface area contributed by atoms with E-state index < -0.39 is 15.4 Å². The van der Waals surface area contributed by atoms with Crippen LogP contribution in [0.1, 0.15) is 51.9 Å². The third kappa shape index (κ3) is 2.72. The van der Waals surface area contributed by atoms with E-state index in [1.165, 1.54) is 12.8 Å². The quantitative estimate of drug-likeness (QED) is 0.855. The van der Waals surface area contributed by atoms with Gasteiger partial charge in [0, 0.05) is 19.1 Å². The molecule has 0 radical (unpaired) electrons. The second-order valence-electron chi connectivity index (χ2n) is 6.84. The second kappa shape index (κ2) is 5.54. The molecule has 2 saturated carbocycles. The van der Waals surface area contributed by atoms with Crippen LogP contribution in [0.2, 0.25) is 0 Å². The Morgan fingerprint density at radius 3 is 2.67 bits per heavy atom. The van der Waals surface area contributed by atoms with E-state index >= 15 is 0 Å². The first kappa shape index (κ1) is 15.3. The number of nitrogens with one attached hydrogen (secondary N) is 1. The van der Waals surface area contributed by atoms with Crippen LogP contribution in [0.25, 0.3) is 0 Å². The molecule has 1 heterocycles. The van der Waals surface area contributed by atoms with Gasteiger partial charge in [-0.25, -0.2) is 8.42 Å². The summed E-state index contributed by atoms with van der Waals surface area (Å²) in [7, 11) is -3.18. The van der Waals surface area contributed by atoms with Crippen molar-refractivity contribution in [3.63, 3.8) is 0 Å². The predicted molar refractivity (Wildman–Crippen MR) is 81.2 cm³/mol. The molecule has 0 aromatic heterocycles. The van der Waals surface area contributed by atoms with Gasteiger partial charge >= 0.3 is 0 Å². The van der Waals surface area contributed by atoms with Crippen LogP contribution in [0.4, 0.5) is 0 Å². The van der Waals surface area contributed by atoms with Crippen molar-refractivity contribution in [2.45, 2.75) is 57.9 Å². The van der Waals surface area contributed by atoms with Gasteiger partial charge in [0.05, 0.1) is 11.2 Å². The Hall–Kier alpha value is -0.620. The van der Waals surface area contributed by atoms with Crippen molar-refractivity contribution in [1.82, 2.24) is 9.62 Å². The maximum atomic E-state index is 12.8. The molecule has 2 aliphatic carbocycles. The summed E-state index contributed by atoms with van der Waals surface area (Å²) in [6.07, 6.45) is 6.63. The van der Waals surface area contributed by atoms with E-state index in [9.17, 15) is 13.2 Å². The topological polar surface area (TPSA) is 66.5 Å². The second-order valence-corrected chi connectivity index (χ2v) is 8.88. The number of nitrogens with zero attached hydrogens (tertiary/aromatic N) is 1. The molecule has 120 valence electrons. The maximum absolute atomic E-state index is 12.8. The van der Waals surface area contributed by atoms with Gasteiger partial charge in [-0.15, -0.1) is 0 Å². The van der Waals surface area contributed by atoms with E-state index in [1.807, 2.05) is 6.92 Å². The first-order valence-corrected chi connectivity index (χ1v) is 9.88. The summed E-state index contributed by atoms with van der Waals surface area (Å²) in [5, 5.41) is 3.12. The standard InChI is InChI=1S/C15H26N2O3S/c1-2-17-13-5-3-4-8-15(13,9-10-21(17,19)20)14(18)16-11-12-6-7-12/h12-13H,2-11H2,1H3,(H,16,18)/t13-,15-/m1/s1. The van der Waals surface area contributed by atoms with E-state index in [0.717, 1.165) is 32.2 Å². The van der Waals surface area contributed by atoms with Crippen molar-refractivity contribution in [2.24, 2.45) is 11.3 Å². The lowest BCUT2D eigenvalue weighted by molar-refractivity contribution is -0.137. The van der Waals surface area contributed by atoms with Crippen LogP contribution in [0, 0.1) is 11.3 Å². The molecule has 0 aromatic carbocycles. The van der Waals surface area contributed by atoms with Gasteiger partial charge in [0.2, 0.25) is 15.9 Å². The fourth-order valence-electron chi connectivity index (χ4n) is 4.09. The molecule has 1 N–H and O–H groups in total. The highest BCUT2D eigenvalue weighted by molar-refractivity contribution is 7.89. The van der Waals surface area contributed by atoms with Gasteiger partial charge in [-0.05, 0) is 38.0 Å². The minimum Gasteiger partial charge on any atom is -0.355 e. The Labute approximate surface area is 127 Å². The third-order valence-corrected chi connectivity index (χ3v) is 7.46. The molecule has 21 heavy (non-hydrogen) atoms. The Kier molecular flexibility index (Phi) is 4.03. The lowest BCUT2D eigenvalue weighted by Gasteiger charge is -2.50. The summed E-state index contributed by atoms with van der Waals surface area (Å²) in [6, 6.07) is -0.130. The van der Waals surface area contributed by atoms with Crippen molar-refractivity contribution in [2.75, 3.05) is 18.8 Å². The van der Waals surface area contributed by atoms with Crippen LogP contribution in [0.5, 0.6) is 0 Å². The van der Waals surface area contributed by atoms with Crippen LogP contribution >= 0.6 is 0 Å². The van der Waals surface area contributed by atoms with Crippen LogP contribution < -0.4 is 5.32 Å². The maximum Gasteiger partial charge on any atom is 0.227 e. The Morgan fingerprint density at radius 1 is 1.24 bits per heavy atom. The molecule has 0 aromatic rings. The number of fused-ring (bicyclic) bond motifs is 1. The average molecular weight is 314 g/mol. The number of sulfonamides is 1. The molecule has 6 heteroatoms. The normalized spacial score (nSPS) is 36.0.